The van der Waals surface area contributed by atoms with E-state index >= 15 is 0 Å². The number of aliphatic carboxylic acids is 1. The molecule has 0 aliphatic carbocycles. The SMILES string of the molecule is CCCCOCCN(CCOc1ccc(CC(OCC)C(=O)O)cc1)C(=O)OCC(C)(C)C. The number of carboxylic acids is 1. The van der Waals surface area contributed by atoms with E-state index in [4.69, 9.17) is 18.9 Å². The summed E-state index contributed by atoms with van der Waals surface area (Å²) >= 11 is 0. The standard InChI is InChI=1S/C25H41NO7/c1-6-8-15-30-16-13-26(24(29)33-19-25(3,4)5)14-17-32-21-11-9-20(10-12-21)18-22(23(27)28)31-7-2/h9-12,22H,6-8,13-19H2,1-5H3,(H,27,28). The predicted octanol–water partition coefficient (Wildman–Crippen LogP) is 4.40. The van der Waals surface area contributed by atoms with E-state index in [0.717, 1.165) is 18.4 Å². The maximum atomic E-state index is 12.5. The van der Waals surface area contributed by atoms with Crippen LogP contribution in [-0.4, -0.2) is 74.3 Å². The fourth-order valence-electron chi connectivity index (χ4n) is 2.82. The van der Waals surface area contributed by atoms with Crippen LogP contribution in [0.2, 0.25) is 0 Å². The zero-order valence-corrected chi connectivity index (χ0v) is 20.8. The number of benzene rings is 1. The summed E-state index contributed by atoms with van der Waals surface area (Å²) in [5, 5.41) is 9.22. The molecule has 188 valence electrons. The Labute approximate surface area is 198 Å². The minimum atomic E-state index is -0.978. The molecular weight excluding hydrogens is 426 g/mol. The zero-order valence-electron chi connectivity index (χ0n) is 20.8. The third-order valence-corrected chi connectivity index (χ3v) is 4.65. The molecule has 33 heavy (non-hydrogen) atoms. The molecule has 0 saturated carbocycles. The van der Waals surface area contributed by atoms with Gasteiger partial charge in [0, 0.05) is 26.2 Å². The van der Waals surface area contributed by atoms with E-state index < -0.39 is 12.1 Å². The number of unbranched alkanes of at least 4 members (excludes halogenated alkanes) is 1. The number of carbonyl (C=O) groups excluding carboxylic acids is 1. The number of rotatable bonds is 16. The first kappa shape index (κ1) is 28.7. The van der Waals surface area contributed by atoms with Crippen LogP contribution in [0.1, 0.15) is 53.0 Å². The molecule has 1 aromatic rings. The van der Waals surface area contributed by atoms with Crippen LogP contribution in [0.5, 0.6) is 5.75 Å². The van der Waals surface area contributed by atoms with Gasteiger partial charge in [-0.05, 0) is 36.5 Å². The van der Waals surface area contributed by atoms with E-state index in [0.29, 0.717) is 51.9 Å². The van der Waals surface area contributed by atoms with Crippen LogP contribution < -0.4 is 4.74 Å². The van der Waals surface area contributed by atoms with Gasteiger partial charge < -0.3 is 29.0 Å². The van der Waals surface area contributed by atoms with Crippen LogP contribution in [0.15, 0.2) is 24.3 Å². The van der Waals surface area contributed by atoms with Gasteiger partial charge in [0.15, 0.2) is 6.10 Å². The Morgan fingerprint density at radius 3 is 2.27 bits per heavy atom. The molecule has 1 aromatic carbocycles. The number of hydrogen-bond donors (Lipinski definition) is 1. The van der Waals surface area contributed by atoms with E-state index in [9.17, 15) is 14.7 Å². The van der Waals surface area contributed by atoms with E-state index in [2.05, 4.69) is 6.92 Å². The van der Waals surface area contributed by atoms with Crippen LogP contribution in [0, 0.1) is 5.41 Å². The van der Waals surface area contributed by atoms with Crippen molar-refractivity contribution in [2.75, 3.05) is 46.1 Å². The van der Waals surface area contributed by atoms with Crippen LogP contribution in [0.3, 0.4) is 0 Å². The summed E-state index contributed by atoms with van der Waals surface area (Å²) in [6.07, 6.45) is 1.10. The summed E-state index contributed by atoms with van der Waals surface area (Å²) in [6, 6.07) is 7.22. The van der Waals surface area contributed by atoms with Crippen molar-refractivity contribution in [3.8, 4) is 5.75 Å². The lowest BCUT2D eigenvalue weighted by atomic mass is 9.99. The van der Waals surface area contributed by atoms with Gasteiger partial charge >= 0.3 is 12.1 Å². The first-order chi connectivity index (χ1) is 15.7. The summed E-state index contributed by atoms with van der Waals surface area (Å²) in [7, 11) is 0. The molecule has 8 heteroatoms. The van der Waals surface area contributed by atoms with Crippen molar-refractivity contribution in [3.63, 3.8) is 0 Å². The van der Waals surface area contributed by atoms with Crippen LogP contribution in [0.4, 0.5) is 4.79 Å². The summed E-state index contributed by atoms with van der Waals surface area (Å²) in [6.45, 7) is 12.8. The highest BCUT2D eigenvalue weighted by atomic mass is 16.6. The van der Waals surface area contributed by atoms with Gasteiger partial charge in [-0.3, -0.25) is 0 Å². The minimum absolute atomic E-state index is 0.112. The van der Waals surface area contributed by atoms with Gasteiger partial charge in [0.25, 0.3) is 0 Å². The molecule has 0 aliphatic heterocycles. The summed E-state index contributed by atoms with van der Waals surface area (Å²) < 4.78 is 22.1. The van der Waals surface area contributed by atoms with Crippen molar-refractivity contribution < 1.29 is 33.6 Å². The van der Waals surface area contributed by atoms with Crippen LogP contribution >= 0.6 is 0 Å². The largest absolute Gasteiger partial charge is 0.492 e. The van der Waals surface area contributed by atoms with Crippen molar-refractivity contribution in [2.24, 2.45) is 5.41 Å². The number of ether oxygens (including phenoxy) is 4. The van der Waals surface area contributed by atoms with Gasteiger partial charge in [-0.2, -0.15) is 0 Å². The third kappa shape index (κ3) is 13.1. The van der Waals surface area contributed by atoms with Gasteiger partial charge in [0.1, 0.15) is 12.4 Å². The molecule has 0 fully saturated rings. The predicted molar refractivity (Wildman–Crippen MR) is 127 cm³/mol. The lowest BCUT2D eigenvalue weighted by molar-refractivity contribution is -0.149. The average Bonchev–Trinajstić information content (AvgIpc) is 2.76. The van der Waals surface area contributed by atoms with E-state index in [1.165, 1.54) is 0 Å². The molecule has 0 heterocycles. The molecule has 1 rings (SSSR count). The molecule has 1 amide bonds. The highest BCUT2D eigenvalue weighted by molar-refractivity contribution is 5.72. The van der Waals surface area contributed by atoms with E-state index in [1.807, 2.05) is 32.9 Å². The second kappa shape index (κ2) is 15.5. The smallest absolute Gasteiger partial charge is 0.409 e. The van der Waals surface area contributed by atoms with Gasteiger partial charge in [-0.1, -0.05) is 46.2 Å². The molecule has 0 aliphatic rings. The normalized spacial score (nSPS) is 12.3. The second-order valence-electron chi connectivity index (χ2n) is 9.05. The topological polar surface area (TPSA) is 94.5 Å². The second-order valence-corrected chi connectivity index (χ2v) is 9.05. The van der Waals surface area contributed by atoms with Crippen molar-refractivity contribution in [1.82, 2.24) is 4.90 Å². The Bertz CT molecular complexity index is 685. The number of nitrogens with zero attached hydrogens (tertiary/aromatic N) is 1. The quantitative estimate of drug-likeness (QED) is 0.360. The van der Waals surface area contributed by atoms with Crippen LogP contribution in [0.25, 0.3) is 0 Å². The lowest BCUT2D eigenvalue weighted by Gasteiger charge is -2.25. The fraction of sp³-hybridized carbons (Fsp3) is 0.680. The monoisotopic (exact) mass is 467 g/mol. The molecule has 0 spiro atoms. The zero-order chi connectivity index (χ0) is 24.7. The molecule has 0 bridgehead atoms. The summed E-state index contributed by atoms with van der Waals surface area (Å²) in [4.78, 5) is 25.4. The molecular formula is C25H41NO7. The van der Waals surface area contributed by atoms with Gasteiger partial charge in [0.2, 0.25) is 0 Å². The van der Waals surface area contributed by atoms with Crippen molar-refractivity contribution in [2.45, 2.75) is 60.0 Å². The number of carboxylic acid groups (broad SMARTS) is 1. The van der Waals surface area contributed by atoms with E-state index in [1.54, 1.807) is 24.0 Å². The molecule has 1 atom stereocenters. The number of carbonyl (C=O) groups is 2. The van der Waals surface area contributed by atoms with Crippen molar-refractivity contribution in [1.29, 1.82) is 0 Å². The third-order valence-electron chi connectivity index (χ3n) is 4.65. The maximum Gasteiger partial charge on any atom is 0.409 e. The molecule has 0 radical (unpaired) electrons. The first-order valence-electron chi connectivity index (χ1n) is 11.7. The Balaban J connectivity index is 2.57. The minimum Gasteiger partial charge on any atom is -0.492 e. The fourth-order valence-corrected chi connectivity index (χ4v) is 2.82. The Morgan fingerprint density at radius 1 is 1.03 bits per heavy atom. The highest BCUT2D eigenvalue weighted by Crippen LogP contribution is 2.16. The van der Waals surface area contributed by atoms with Crippen LogP contribution in [-0.2, 0) is 25.4 Å². The summed E-state index contributed by atoms with van der Waals surface area (Å²) in [5.41, 5.74) is 0.735. The number of hydrogen-bond acceptors (Lipinski definition) is 6. The van der Waals surface area contributed by atoms with Gasteiger partial charge in [-0.25, -0.2) is 9.59 Å². The van der Waals surface area contributed by atoms with Gasteiger partial charge in [-0.15, -0.1) is 0 Å². The molecule has 1 N–H and O–H groups in total. The van der Waals surface area contributed by atoms with Gasteiger partial charge in [0.05, 0.1) is 19.8 Å². The van der Waals surface area contributed by atoms with Crippen molar-refractivity contribution in [3.05, 3.63) is 29.8 Å². The molecule has 1 unspecified atom stereocenters. The molecule has 0 aromatic heterocycles. The Morgan fingerprint density at radius 2 is 1.70 bits per heavy atom. The maximum absolute atomic E-state index is 12.5. The first-order valence-corrected chi connectivity index (χ1v) is 11.7. The lowest BCUT2D eigenvalue weighted by Crippen LogP contribution is -2.38. The average molecular weight is 468 g/mol. The van der Waals surface area contributed by atoms with E-state index in [-0.39, 0.29) is 17.9 Å². The number of amides is 1. The summed E-state index contributed by atoms with van der Waals surface area (Å²) in [5.74, 6) is -0.335. The van der Waals surface area contributed by atoms with Crippen molar-refractivity contribution >= 4 is 12.1 Å². The molecule has 8 nitrogen and oxygen atoms in total. The highest BCUT2D eigenvalue weighted by Gasteiger charge is 2.20. The Kier molecular flexibility index (Phi) is 13.5. The Hall–Kier alpha value is -2.32. The molecule has 0 saturated heterocycles.